The molecule has 1 aliphatic heterocycles. The minimum atomic E-state index is -1.04. The first-order valence-corrected chi connectivity index (χ1v) is 61.9. The summed E-state index contributed by atoms with van der Waals surface area (Å²) in [5, 5.41) is 53.2. The van der Waals surface area contributed by atoms with Crippen LogP contribution in [0.2, 0.25) is 0 Å². The van der Waals surface area contributed by atoms with Crippen LogP contribution < -0.4 is 0 Å². The first-order chi connectivity index (χ1) is 64.9. The molecule has 136 heavy (non-hydrogen) atoms. The average molecular weight is 1930 g/mol. The third-order valence-electron chi connectivity index (χ3n) is 47.7. The van der Waals surface area contributed by atoms with E-state index in [9.17, 15) is 44.3 Å². The Morgan fingerprint density at radius 2 is 0.669 bits per heavy atom. The lowest BCUT2D eigenvalue weighted by Crippen LogP contribution is -2.52. The average Bonchev–Trinajstić information content (AvgIpc) is 1.62. The van der Waals surface area contributed by atoms with Gasteiger partial charge in [0.2, 0.25) is 0 Å². The van der Waals surface area contributed by atoms with Crippen LogP contribution in [-0.4, -0.2) is 148 Å². The number of thioether (sulfide) groups is 3. The van der Waals surface area contributed by atoms with Crippen LogP contribution >= 0.6 is 35.3 Å². The molecule has 23 rings (SSSR count). The summed E-state index contributed by atoms with van der Waals surface area (Å²) in [6, 6.07) is 0. The van der Waals surface area contributed by atoms with E-state index >= 15 is 0 Å². The van der Waals surface area contributed by atoms with E-state index in [0.29, 0.717) is 106 Å². The van der Waals surface area contributed by atoms with E-state index < -0.39 is 29.1 Å². The van der Waals surface area contributed by atoms with E-state index in [-0.39, 0.29) is 27.8 Å². The molecule has 762 valence electrons. The van der Waals surface area contributed by atoms with Crippen molar-refractivity contribution in [2.75, 3.05) is 62.3 Å². The molecule has 1 aromatic heterocycles. The zero-order valence-electron chi connectivity index (χ0n) is 87.3. The van der Waals surface area contributed by atoms with E-state index in [1.807, 2.05) is 25.7 Å². The summed E-state index contributed by atoms with van der Waals surface area (Å²) >= 11 is 5.07. The Bertz CT molecular complexity index is 4390. The second-order valence-electron chi connectivity index (χ2n) is 54.9. The predicted octanol–water partition coefficient (Wildman–Crippen LogP) is 26.3. The van der Waals surface area contributed by atoms with Gasteiger partial charge in [0, 0.05) is 49.2 Å². The Kier molecular flexibility index (Phi) is 30.9. The molecule has 0 bridgehead atoms. The Morgan fingerprint density at radius 1 is 0.360 bits per heavy atom. The molecule has 22 aliphatic rings. The molecule has 22 fully saturated rings. The van der Waals surface area contributed by atoms with Crippen LogP contribution in [0.5, 0.6) is 0 Å². The highest BCUT2D eigenvalue weighted by Gasteiger charge is 2.66. The number of carbonyl (C=O) groups excluding carboxylic acids is 3. The van der Waals surface area contributed by atoms with Crippen molar-refractivity contribution < 1.29 is 44.3 Å². The third-order valence-corrected chi connectivity index (χ3v) is 49.5. The van der Waals surface area contributed by atoms with E-state index in [0.717, 1.165) is 220 Å². The molecule has 5 N–H and O–H groups in total. The zero-order valence-corrected chi connectivity index (χ0v) is 89.7. The second-order valence-corrected chi connectivity index (χ2v) is 57.5. The van der Waals surface area contributed by atoms with Gasteiger partial charge in [-0.25, -0.2) is 9.37 Å². The van der Waals surface area contributed by atoms with Crippen molar-refractivity contribution in [2.45, 2.75) is 405 Å². The molecule has 40 atom stereocenters. The first-order valence-electron chi connectivity index (χ1n) is 57.7. The SMILES string of the molecule is C=C(CN1CCCC1)[C@H]1CC[C@H]2[C@@H]3CC[C@@H]4C[C@](C)(O)CC[C@@H]4[C@H]3CC[C@]12C.C=C(Cn1ccnc1)[C@H]1CC[C@H]2[C@@H]3CC[C@@H]4C[C@](C)(O)CC[C@@H]4[C@H]3CC[C@]12C.CSCC(=O)[C@H]1CC[C@H]2[C@@H]3CC[C@@H]4C[C@@](O)(C#CC5CC5)CC[C@@H]4[C@H]3CC[C@]12C.CSCC(=O)[C@H]1CC[C@H]2[C@@H]3CC[C@@H]4C[C@@](O)(CF)CC[C@@H]4[C@H]3CC[C@]12C.CSCC(=O)[C@H]1CC[C@H]2[C@@H]3CC[C@@H]4C[C@](C)(O)CC[C@@H]4[C@H]3CC[C@]12C. The number of carbonyl (C=O) groups is 3. The van der Waals surface area contributed by atoms with Crippen molar-refractivity contribution in [3.8, 4) is 11.8 Å². The predicted molar refractivity (Wildman–Crippen MR) is 558 cm³/mol. The van der Waals surface area contributed by atoms with Crippen LogP contribution in [0.25, 0.3) is 0 Å². The van der Waals surface area contributed by atoms with Gasteiger partial charge in [0.25, 0.3) is 0 Å². The monoisotopic (exact) mass is 1930 g/mol. The van der Waals surface area contributed by atoms with Crippen LogP contribution in [0.15, 0.2) is 43.0 Å². The van der Waals surface area contributed by atoms with E-state index in [2.05, 4.69) is 107 Å². The number of alkyl halides is 1. The topological polar surface area (TPSA) is 173 Å². The molecule has 15 heteroatoms. The van der Waals surface area contributed by atoms with Crippen LogP contribution in [0.3, 0.4) is 0 Å². The van der Waals surface area contributed by atoms with Gasteiger partial charge in [0.05, 0.1) is 46.0 Å². The second kappa shape index (κ2) is 40.9. The lowest BCUT2D eigenvalue weighted by atomic mass is 9.49. The molecule has 0 aromatic carbocycles. The summed E-state index contributed by atoms with van der Waals surface area (Å²) in [6.07, 6.45) is 71.8. The largest absolute Gasteiger partial charge is 0.390 e. The van der Waals surface area contributed by atoms with Crippen molar-refractivity contribution >= 4 is 52.6 Å². The molecule has 0 spiro atoms. The number of halogens is 1. The van der Waals surface area contributed by atoms with Gasteiger partial charge in [-0.15, -0.1) is 0 Å². The van der Waals surface area contributed by atoms with Crippen LogP contribution in [-0.2, 0) is 20.9 Å². The molecule has 0 radical (unpaired) electrons. The van der Waals surface area contributed by atoms with E-state index in [1.54, 1.807) is 40.9 Å². The fraction of sp³-hybridized carbons (Fsp3) is 0.901. The summed E-state index contributed by atoms with van der Waals surface area (Å²) < 4.78 is 15.5. The summed E-state index contributed by atoms with van der Waals surface area (Å²) in [6.45, 7) is 32.1. The lowest BCUT2D eigenvalue weighted by Gasteiger charge is -2.57. The fourth-order valence-electron chi connectivity index (χ4n) is 41.5. The minimum absolute atomic E-state index is 0.217. The molecular weight excluding hydrogens is 1740 g/mol. The smallest absolute Gasteiger partial charge is 0.146 e. The highest BCUT2D eigenvalue weighted by molar-refractivity contribution is 7.99. The Labute approximate surface area is 837 Å². The quantitative estimate of drug-likeness (QED) is 0.0782. The standard InChI is InChI=1S/C26H43NO.C26H38O2S.C25H38N2O.C22H35FO2S.C22H36O2S/c1-18(17-27-14-4-5-15-27)23-8-9-24-22-7-6-19-16-25(2,28)12-10-20(19)21(22)11-13-26(23,24)3;1-25-12-10-20-19-11-14-26(28,13-9-17-3-4-17)15-18(19)5-6-21(20)22(25)7-8-23(25)24(27)16-29-2;1-17(15-27-13-12-26-16-27)22-6-7-23-21-5-4-18-14-24(2,28)10-8-19(18)20(21)9-11-25(22,23)3;1-21-9-7-16-15-8-10-22(25,13-23)11-14(15)3-4-17(16)18(21)5-6-19(21)20(24)12-26-2;1-21(24)10-8-15-14(12-21)4-5-17-16(15)9-11-22(2)18(17)6-7-19(22)20(23)13-25-3/h19-24,28H,1,4-17H2,2-3H3;17-23,28H,3-8,10-12,14-16H2,1-2H3;12-13,16,18-23,28H,1,4-11,14-15H2,2-3H3;14-19,25H,3-13H2,1-2H3;14-19,24H,4-13H2,1-3H3/t19-,20+,21-,22-,23-,24+,25-,26-;18-,19+,20-,21-,22+,23-,25+,26-;18-,19+,20-,21-,22-,23+,24-,25-;14-,15+,16-,17-,18+,19-,21+,22-;14-,15+,16-,17-,18+,19-,21-,22+/m11111/s1. The molecule has 11 nitrogen and oxygen atoms in total. The van der Waals surface area contributed by atoms with Gasteiger partial charge in [-0.3, -0.25) is 19.3 Å². The number of aromatic nitrogens is 2. The van der Waals surface area contributed by atoms with Gasteiger partial charge in [-0.1, -0.05) is 70.8 Å². The van der Waals surface area contributed by atoms with Crippen molar-refractivity contribution in [2.24, 2.45) is 211 Å². The number of rotatable bonds is 16. The number of hydrogen-bond acceptors (Lipinski definition) is 13. The van der Waals surface area contributed by atoms with Gasteiger partial charge in [0.15, 0.2) is 0 Å². The number of aliphatic hydroxyl groups is 5. The minimum Gasteiger partial charge on any atom is -0.390 e. The van der Waals surface area contributed by atoms with Crippen LogP contribution in [0.1, 0.15) is 370 Å². The van der Waals surface area contributed by atoms with Crippen molar-refractivity contribution in [1.82, 2.24) is 14.5 Å². The highest BCUT2D eigenvalue weighted by Crippen LogP contribution is 2.73. The van der Waals surface area contributed by atoms with Crippen molar-refractivity contribution in [3.05, 3.63) is 43.0 Å². The number of imidazole rings is 1. The summed E-state index contributed by atoms with van der Waals surface area (Å²) in [5.74, 6) is 33.6. The molecule has 1 aromatic rings. The third kappa shape index (κ3) is 20.1. The number of hydrogen-bond donors (Lipinski definition) is 5. The maximum Gasteiger partial charge on any atom is 0.146 e. The number of ketones is 3. The Hall–Kier alpha value is -2.00. The fourth-order valence-corrected chi connectivity index (χ4v) is 43.0. The Balaban J connectivity index is 0.000000109. The van der Waals surface area contributed by atoms with Crippen molar-refractivity contribution in [1.29, 1.82) is 0 Å². The van der Waals surface area contributed by atoms with Gasteiger partial charge in [-0.2, -0.15) is 35.3 Å². The van der Waals surface area contributed by atoms with Gasteiger partial charge in [-0.05, 0) is 554 Å². The summed E-state index contributed by atoms with van der Waals surface area (Å²) in [7, 11) is 0. The lowest BCUT2D eigenvalue weighted by molar-refractivity contribution is -0.131. The first kappa shape index (κ1) is 103. The van der Waals surface area contributed by atoms with Crippen molar-refractivity contribution in [3.63, 3.8) is 0 Å². The molecular formula is C121H190FN3O8S3. The Morgan fingerprint density at radius 3 is 1.00 bits per heavy atom. The molecule has 2 heterocycles. The number of fused-ring (bicyclic) bond motifs is 25. The van der Waals surface area contributed by atoms with Crippen LogP contribution in [0, 0.1) is 222 Å². The summed E-state index contributed by atoms with van der Waals surface area (Å²) in [4.78, 5) is 45.1. The van der Waals surface area contributed by atoms with Gasteiger partial charge >= 0.3 is 0 Å². The van der Waals surface area contributed by atoms with Gasteiger partial charge < -0.3 is 30.1 Å². The van der Waals surface area contributed by atoms with Crippen LogP contribution in [0.4, 0.5) is 4.39 Å². The van der Waals surface area contributed by atoms with Gasteiger partial charge in [0.1, 0.15) is 29.6 Å². The molecule has 21 saturated carbocycles. The van der Waals surface area contributed by atoms with E-state index in [4.69, 9.17) is 0 Å². The number of nitrogens with zero attached hydrogens (tertiary/aromatic N) is 3. The molecule has 21 aliphatic carbocycles. The van der Waals surface area contributed by atoms with E-state index in [1.165, 1.54) is 244 Å². The number of likely N-dealkylation sites (tertiary alicyclic amines) is 1. The zero-order chi connectivity index (χ0) is 95.6. The number of allylic oxidation sites excluding steroid dienone is 1. The normalized spacial score (nSPS) is 50.1. The maximum absolute atomic E-state index is 13.3. The molecule has 1 saturated heterocycles. The summed E-state index contributed by atoms with van der Waals surface area (Å²) in [5.41, 5.74) is 1.75. The highest BCUT2D eigenvalue weighted by atomic mass is 32.2. The maximum atomic E-state index is 13.3. The number of Topliss-reactive ketones (excluding diaryl/α,β-unsaturated/α-hetero) is 3. The molecule has 0 unspecified atom stereocenters. The molecule has 0 amide bonds.